The second-order valence-electron chi connectivity index (χ2n) is 12.5. The monoisotopic (exact) mass is 584 g/mol. The number of nitrogens with one attached hydrogen (secondary N) is 1. The predicted octanol–water partition coefficient (Wildman–Crippen LogP) is 5.47. The Kier molecular flexibility index (Phi) is 7.60. The summed E-state index contributed by atoms with van der Waals surface area (Å²) in [6, 6.07) is 13.8. The van der Waals surface area contributed by atoms with Gasteiger partial charge in [0.15, 0.2) is 5.82 Å². The van der Waals surface area contributed by atoms with Crippen LogP contribution in [-0.2, 0) is 31.6 Å². The summed E-state index contributed by atoms with van der Waals surface area (Å²) < 4.78 is 12.0. The van der Waals surface area contributed by atoms with E-state index < -0.39 is 8.07 Å². The van der Waals surface area contributed by atoms with Gasteiger partial charge in [-0.1, -0.05) is 25.7 Å². The highest BCUT2D eigenvalue weighted by molar-refractivity contribution is 6.76. The summed E-state index contributed by atoms with van der Waals surface area (Å²) in [6.45, 7) is 9.84. The van der Waals surface area contributed by atoms with Crippen LogP contribution in [-0.4, -0.2) is 67.8 Å². The first-order valence-electron chi connectivity index (χ1n) is 14.4. The number of nitrogens with zero attached hydrogens (tertiary/aromatic N) is 9. The van der Waals surface area contributed by atoms with Gasteiger partial charge in [0, 0.05) is 50.9 Å². The molecular weight excluding hydrogens is 544 g/mol. The van der Waals surface area contributed by atoms with E-state index in [2.05, 4.69) is 100 Å². The third-order valence-electron chi connectivity index (χ3n) is 7.44. The third kappa shape index (κ3) is 6.10. The van der Waals surface area contributed by atoms with Gasteiger partial charge < -0.3 is 24.4 Å². The average molecular weight is 585 g/mol. The molecule has 0 unspecified atom stereocenters. The molecule has 0 aliphatic carbocycles. The number of hydrogen-bond acceptors (Lipinski definition) is 8. The van der Waals surface area contributed by atoms with Crippen LogP contribution in [0.25, 0.3) is 28.1 Å². The molecule has 0 atom stereocenters. The molecule has 2 aromatic carbocycles. The maximum atomic E-state index is 6.11. The molecule has 1 aliphatic heterocycles. The lowest BCUT2D eigenvalue weighted by Crippen LogP contribution is -2.22. The Morgan fingerprint density at radius 1 is 1.02 bits per heavy atom. The molecule has 220 valence electrons. The van der Waals surface area contributed by atoms with E-state index in [1.54, 1.807) is 0 Å². The fourth-order valence-electron chi connectivity index (χ4n) is 5.29. The number of imidazole rings is 1. The number of rotatable bonds is 11. The average Bonchev–Trinajstić information content (AvgIpc) is 3.61. The van der Waals surface area contributed by atoms with Gasteiger partial charge in [-0.05, 0) is 56.9 Å². The van der Waals surface area contributed by atoms with Crippen LogP contribution in [0.1, 0.15) is 18.1 Å². The van der Waals surface area contributed by atoms with Gasteiger partial charge in [0.25, 0.3) is 0 Å². The molecule has 5 aromatic rings. The molecule has 0 bridgehead atoms. The SMILES string of the molecule is CN(C)Cc1nc2cc(Nc3nc4n(n3)C=CN(c3ccc5c(cnn5C)c3)C4)ccc2n1COCCC[Si](C)(C)C. The van der Waals surface area contributed by atoms with E-state index in [1.807, 2.05) is 35.0 Å². The smallest absolute Gasteiger partial charge is 0.247 e. The van der Waals surface area contributed by atoms with Crippen molar-refractivity contribution in [1.29, 1.82) is 0 Å². The van der Waals surface area contributed by atoms with Crippen molar-refractivity contribution in [3.05, 3.63) is 60.4 Å². The number of anilines is 3. The predicted molar refractivity (Wildman–Crippen MR) is 171 cm³/mol. The van der Waals surface area contributed by atoms with Crippen molar-refractivity contribution in [2.75, 3.05) is 30.9 Å². The van der Waals surface area contributed by atoms with Crippen molar-refractivity contribution >= 4 is 53.5 Å². The molecule has 0 amide bonds. The molecule has 42 heavy (non-hydrogen) atoms. The molecule has 0 saturated heterocycles. The summed E-state index contributed by atoms with van der Waals surface area (Å²) >= 11 is 0. The largest absolute Gasteiger partial charge is 0.361 e. The summed E-state index contributed by atoms with van der Waals surface area (Å²) in [7, 11) is 5.02. The molecule has 0 radical (unpaired) electrons. The molecule has 4 heterocycles. The minimum Gasteiger partial charge on any atom is -0.361 e. The number of hydrogen-bond donors (Lipinski definition) is 1. The molecule has 0 saturated carbocycles. The molecule has 3 aromatic heterocycles. The van der Waals surface area contributed by atoms with Gasteiger partial charge in [-0.25, -0.2) is 9.67 Å². The van der Waals surface area contributed by atoms with Gasteiger partial charge in [0.1, 0.15) is 12.6 Å². The zero-order valence-corrected chi connectivity index (χ0v) is 26.4. The summed E-state index contributed by atoms with van der Waals surface area (Å²) in [5, 5.41) is 13.5. The van der Waals surface area contributed by atoms with Crippen molar-refractivity contribution in [3.63, 3.8) is 0 Å². The van der Waals surface area contributed by atoms with Crippen LogP contribution in [0.2, 0.25) is 25.7 Å². The zero-order chi connectivity index (χ0) is 29.4. The number of fused-ring (bicyclic) bond motifs is 3. The van der Waals surface area contributed by atoms with Crippen molar-refractivity contribution in [1.82, 2.24) is 39.0 Å². The summed E-state index contributed by atoms with van der Waals surface area (Å²) in [5.74, 6) is 2.40. The van der Waals surface area contributed by atoms with E-state index >= 15 is 0 Å². The lowest BCUT2D eigenvalue weighted by Gasteiger charge is -2.23. The van der Waals surface area contributed by atoms with Gasteiger partial charge in [-0.15, -0.1) is 5.10 Å². The molecule has 0 fully saturated rings. The summed E-state index contributed by atoms with van der Waals surface area (Å²) in [5.41, 5.74) is 5.07. The van der Waals surface area contributed by atoms with E-state index in [0.29, 0.717) is 19.2 Å². The van der Waals surface area contributed by atoms with Crippen LogP contribution in [0.3, 0.4) is 0 Å². The fourth-order valence-corrected chi connectivity index (χ4v) is 6.49. The summed E-state index contributed by atoms with van der Waals surface area (Å²) in [6.07, 6.45) is 6.96. The van der Waals surface area contributed by atoms with Crippen molar-refractivity contribution in [2.45, 2.75) is 51.9 Å². The first-order chi connectivity index (χ1) is 20.1. The Balaban J connectivity index is 1.16. The minimum atomic E-state index is -1.05. The van der Waals surface area contributed by atoms with Gasteiger partial charge in [-0.2, -0.15) is 10.1 Å². The van der Waals surface area contributed by atoms with Crippen molar-refractivity contribution in [3.8, 4) is 0 Å². The van der Waals surface area contributed by atoms with Gasteiger partial charge in [-0.3, -0.25) is 4.68 Å². The van der Waals surface area contributed by atoms with E-state index in [9.17, 15) is 0 Å². The molecule has 1 aliphatic rings. The van der Waals surface area contributed by atoms with E-state index in [1.165, 1.54) is 6.04 Å². The van der Waals surface area contributed by atoms with E-state index in [-0.39, 0.29) is 0 Å². The first kappa shape index (κ1) is 28.1. The number of benzene rings is 2. The van der Waals surface area contributed by atoms with Crippen LogP contribution in [0.5, 0.6) is 0 Å². The summed E-state index contributed by atoms with van der Waals surface area (Å²) in [4.78, 5) is 14.0. The van der Waals surface area contributed by atoms with Crippen LogP contribution in [0, 0.1) is 0 Å². The normalized spacial score (nSPS) is 13.5. The van der Waals surface area contributed by atoms with Crippen LogP contribution < -0.4 is 10.2 Å². The highest BCUT2D eigenvalue weighted by atomic mass is 28.3. The topological polar surface area (TPSA) is 94.1 Å². The maximum absolute atomic E-state index is 6.11. The Bertz CT molecular complexity index is 1740. The van der Waals surface area contributed by atoms with Crippen molar-refractivity contribution < 1.29 is 4.74 Å². The zero-order valence-electron chi connectivity index (χ0n) is 25.4. The molecule has 12 heteroatoms. The fraction of sp³-hybridized carbons (Fsp3) is 0.400. The molecular formula is C30H40N10OSi. The Morgan fingerprint density at radius 3 is 2.67 bits per heavy atom. The minimum absolute atomic E-state index is 0.504. The Hall–Kier alpha value is -4.00. The number of ether oxygens (including phenoxy) is 1. The second-order valence-corrected chi connectivity index (χ2v) is 18.1. The molecule has 0 spiro atoms. The Labute approximate surface area is 247 Å². The standard InChI is InChI=1S/C30H40N10OSi/c1-36(2)19-28-33-25-17-23(8-10-27(25)39(28)21-41-14-7-15-42(4,5)6)32-30-34-29-20-38(12-13-40(29)35-30)24-9-11-26-22(16-24)18-31-37(26)3/h8-13,16-18H,7,14-15,19-21H2,1-6H3,(H,32,35). The van der Waals surface area contributed by atoms with Crippen LogP contribution in [0.15, 0.2) is 48.8 Å². The molecule has 1 N–H and O–H groups in total. The lowest BCUT2D eigenvalue weighted by molar-refractivity contribution is 0.0769. The van der Waals surface area contributed by atoms with Crippen molar-refractivity contribution in [2.24, 2.45) is 7.05 Å². The van der Waals surface area contributed by atoms with Crippen LogP contribution in [0.4, 0.5) is 17.3 Å². The van der Waals surface area contributed by atoms with E-state index in [4.69, 9.17) is 14.7 Å². The highest BCUT2D eigenvalue weighted by Gasteiger charge is 2.19. The van der Waals surface area contributed by atoms with E-state index in [0.717, 1.165) is 64.5 Å². The third-order valence-corrected chi connectivity index (χ3v) is 9.29. The quantitative estimate of drug-likeness (QED) is 0.161. The van der Waals surface area contributed by atoms with Gasteiger partial charge in [0.2, 0.25) is 5.95 Å². The van der Waals surface area contributed by atoms with Gasteiger partial charge in [0.05, 0.1) is 35.8 Å². The van der Waals surface area contributed by atoms with Crippen LogP contribution >= 0.6 is 0 Å². The first-order valence-corrected chi connectivity index (χ1v) is 18.1. The molecule has 11 nitrogen and oxygen atoms in total. The maximum Gasteiger partial charge on any atom is 0.247 e. The number of aryl methyl sites for hydroxylation is 1. The van der Waals surface area contributed by atoms with Gasteiger partial charge >= 0.3 is 0 Å². The highest BCUT2D eigenvalue weighted by Crippen LogP contribution is 2.27. The lowest BCUT2D eigenvalue weighted by atomic mass is 10.2. The number of aromatic nitrogens is 7. The Morgan fingerprint density at radius 2 is 1.86 bits per heavy atom. The molecule has 6 rings (SSSR count). The second kappa shape index (κ2) is 11.3.